The van der Waals surface area contributed by atoms with Gasteiger partial charge < -0.3 is 14.6 Å². The molecular formula is C18H20N2O5S. The molecule has 1 aliphatic rings. The number of benzene rings is 1. The van der Waals surface area contributed by atoms with Gasteiger partial charge in [0.05, 0.1) is 28.1 Å². The molecule has 0 radical (unpaired) electrons. The minimum atomic E-state index is -3.72. The van der Waals surface area contributed by atoms with Crippen LogP contribution in [0.25, 0.3) is 0 Å². The van der Waals surface area contributed by atoms with E-state index < -0.39 is 26.4 Å². The van der Waals surface area contributed by atoms with E-state index in [0.29, 0.717) is 5.76 Å². The maximum Gasteiger partial charge on any atom is 0.240 e. The van der Waals surface area contributed by atoms with Crippen LogP contribution in [0.4, 0.5) is 5.69 Å². The van der Waals surface area contributed by atoms with Gasteiger partial charge in [-0.3, -0.25) is 9.59 Å². The number of nitrogens with zero attached hydrogens (tertiary/aromatic N) is 1. The quantitative estimate of drug-likeness (QED) is 0.879. The fourth-order valence-electron chi connectivity index (χ4n) is 2.87. The molecule has 1 aliphatic heterocycles. The van der Waals surface area contributed by atoms with Crippen molar-refractivity contribution in [2.75, 3.05) is 11.4 Å². The number of anilines is 1. The van der Waals surface area contributed by atoms with E-state index in [-0.39, 0.29) is 30.1 Å². The number of fused-ring (bicyclic) bond motifs is 1. The lowest BCUT2D eigenvalue weighted by Gasteiger charge is -2.22. The SMILES string of the molecule is CC1(C)CC(=O)N(CC(=O)NCc2ccco2)c2ccccc2S1(=O)=O. The van der Waals surface area contributed by atoms with Gasteiger partial charge in [0.15, 0.2) is 9.84 Å². The van der Waals surface area contributed by atoms with Crippen molar-refractivity contribution < 1.29 is 22.4 Å². The molecule has 0 unspecified atom stereocenters. The van der Waals surface area contributed by atoms with E-state index in [0.717, 1.165) is 0 Å². The Bertz CT molecular complexity index is 932. The van der Waals surface area contributed by atoms with Crippen LogP contribution in [0.3, 0.4) is 0 Å². The van der Waals surface area contributed by atoms with E-state index in [2.05, 4.69) is 5.32 Å². The van der Waals surface area contributed by atoms with Gasteiger partial charge >= 0.3 is 0 Å². The van der Waals surface area contributed by atoms with E-state index in [1.807, 2.05) is 0 Å². The summed E-state index contributed by atoms with van der Waals surface area (Å²) < 4.78 is 29.7. The number of hydrogen-bond acceptors (Lipinski definition) is 5. The zero-order chi connectivity index (χ0) is 18.9. The highest BCUT2D eigenvalue weighted by atomic mass is 32.2. The van der Waals surface area contributed by atoms with E-state index >= 15 is 0 Å². The van der Waals surface area contributed by atoms with Crippen LogP contribution in [0.15, 0.2) is 52.0 Å². The molecule has 26 heavy (non-hydrogen) atoms. The van der Waals surface area contributed by atoms with Crippen molar-refractivity contribution in [2.24, 2.45) is 0 Å². The summed E-state index contributed by atoms with van der Waals surface area (Å²) in [6, 6.07) is 9.71. The highest BCUT2D eigenvalue weighted by Crippen LogP contribution is 2.38. The summed E-state index contributed by atoms with van der Waals surface area (Å²) in [5, 5.41) is 2.67. The Labute approximate surface area is 151 Å². The van der Waals surface area contributed by atoms with Gasteiger partial charge in [-0.05, 0) is 38.1 Å². The Morgan fingerprint density at radius 2 is 1.96 bits per heavy atom. The third-order valence-electron chi connectivity index (χ3n) is 4.39. The molecule has 1 aromatic heterocycles. The number of carbonyl (C=O) groups excluding carboxylic acids is 2. The fourth-order valence-corrected chi connectivity index (χ4v) is 4.49. The molecule has 0 spiro atoms. The molecule has 0 fully saturated rings. The van der Waals surface area contributed by atoms with Crippen LogP contribution in [0.1, 0.15) is 26.0 Å². The molecule has 0 atom stereocenters. The monoisotopic (exact) mass is 376 g/mol. The van der Waals surface area contributed by atoms with E-state index in [1.54, 1.807) is 30.3 Å². The molecule has 2 amide bonds. The summed E-state index contributed by atoms with van der Waals surface area (Å²) in [5.41, 5.74) is 0.233. The van der Waals surface area contributed by atoms with Gasteiger partial charge in [-0.25, -0.2) is 8.42 Å². The first-order valence-electron chi connectivity index (χ1n) is 8.15. The Morgan fingerprint density at radius 3 is 2.65 bits per heavy atom. The number of carbonyl (C=O) groups is 2. The summed E-state index contributed by atoms with van der Waals surface area (Å²) >= 11 is 0. The molecule has 0 saturated heterocycles. The number of sulfone groups is 1. The Kier molecular flexibility index (Phi) is 4.62. The van der Waals surface area contributed by atoms with Crippen LogP contribution >= 0.6 is 0 Å². The highest BCUT2D eigenvalue weighted by molar-refractivity contribution is 7.93. The molecule has 2 aromatic rings. The van der Waals surface area contributed by atoms with Gasteiger partial charge in [0.25, 0.3) is 0 Å². The average molecular weight is 376 g/mol. The summed E-state index contributed by atoms with van der Waals surface area (Å²) in [5.74, 6) is -0.219. The third-order valence-corrected chi connectivity index (χ3v) is 6.92. The third kappa shape index (κ3) is 3.24. The number of nitrogens with one attached hydrogen (secondary N) is 1. The van der Waals surface area contributed by atoms with Gasteiger partial charge in [0.1, 0.15) is 12.3 Å². The van der Waals surface area contributed by atoms with Crippen molar-refractivity contribution in [1.29, 1.82) is 0 Å². The van der Waals surface area contributed by atoms with Crippen molar-refractivity contribution >= 4 is 27.3 Å². The predicted octanol–water partition coefficient (Wildman–Crippen LogP) is 1.88. The predicted molar refractivity (Wildman–Crippen MR) is 95.2 cm³/mol. The fraction of sp³-hybridized carbons (Fsp3) is 0.333. The molecule has 0 saturated carbocycles. The second-order valence-electron chi connectivity index (χ2n) is 6.74. The van der Waals surface area contributed by atoms with Crippen molar-refractivity contribution in [3.63, 3.8) is 0 Å². The summed E-state index contributed by atoms with van der Waals surface area (Å²) in [6.45, 7) is 2.98. The second kappa shape index (κ2) is 6.60. The zero-order valence-corrected chi connectivity index (χ0v) is 15.4. The molecule has 1 aromatic carbocycles. The van der Waals surface area contributed by atoms with Gasteiger partial charge in [-0.2, -0.15) is 0 Å². The lowest BCUT2D eigenvalue weighted by Crippen LogP contribution is -2.42. The molecule has 1 N–H and O–H groups in total. The van der Waals surface area contributed by atoms with Crippen LogP contribution < -0.4 is 10.2 Å². The van der Waals surface area contributed by atoms with Crippen LogP contribution in [-0.2, 0) is 26.0 Å². The number of para-hydroxylation sites is 1. The Hall–Kier alpha value is -2.61. The summed E-state index contributed by atoms with van der Waals surface area (Å²) in [4.78, 5) is 26.3. The van der Waals surface area contributed by atoms with E-state index in [4.69, 9.17) is 4.42 Å². The topological polar surface area (TPSA) is 96.7 Å². The lowest BCUT2D eigenvalue weighted by atomic mass is 10.1. The number of rotatable bonds is 4. The van der Waals surface area contributed by atoms with Crippen LogP contribution in [0.2, 0.25) is 0 Å². The summed E-state index contributed by atoms with van der Waals surface area (Å²) in [7, 11) is -3.72. The first-order chi connectivity index (χ1) is 12.2. The van der Waals surface area contributed by atoms with Crippen molar-refractivity contribution in [2.45, 2.75) is 36.5 Å². The standard InChI is InChI=1S/C18H20N2O5S/c1-18(2)10-17(22)20(12-16(21)19-11-13-6-5-9-25-13)14-7-3-4-8-15(14)26(18,23)24/h3-9H,10-12H2,1-2H3,(H,19,21). The Morgan fingerprint density at radius 1 is 1.23 bits per heavy atom. The van der Waals surface area contributed by atoms with Gasteiger partial charge in [-0.15, -0.1) is 0 Å². The van der Waals surface area contributed by atoms with Crippen LogP contribution in [0.5, 0.6) is 0 Å². The number of furan rings is 1. The Balaban J connectivity index is 1.89. The maximum atomic E-state index is 12.9. The van der Waals surface area contributed by atoms with Crippen molar-refractivity contribution in [3.05, 3.63) is 48.4 Å². The average Bonchev–Trinajstić information content (AvgIpc) is 3.09. The van der Waals surface area contributed by atoms with Crippen LogP contribution in [-0.4, -0.2) is 31.5 Å². The van der Waals surface area contributed by atoms with Crippen LogP contribution in [0, 0.1) is 0 Å². The molecule has 8 heteroatoms. The first kappa shape index (κ1) is 18.2. The van der Waals surface area contributed by atoms with Gasteiger partial charge in [0, 0.05) is 6.42 Å². The number of hydrogen-bond donors (Lipinski definition) is 1. The van der Waals surface area contributed by atoms with Crippen molar-refractivity contribution in [3.8, 4) is 0 Å². The lowest BCUT2D eigenvalue weighted by molar-refractivity contribution is -0.124. The molecule has 138 valence electrons. The van der Waals surface area contributed by atoms with E-state index in [1.165, 1.54) is 31.1 Å². The molecule has 0 bridgehead atoms. The minimum absolute atomic E-state index is 0.0645. The normalized spacial score (nSPS) is 18.1. The van der Waals surface area contributed by atoms with Gasteiger partial charge in [0.2, 0.25) is 11.8 Å². The molecule has 0 aliphatic carbocycles. The second-order valence-corrected chi connectivity index (χ2v) is 9.30. The molecule has 7 nitrogen and oxygen atoms in total. The largest absolute Gasteiger partial charge is 0.467 e. The maximum absolute atomic E-state index is 12.9. The summed E-state index contributed by atoms with van der Waals surface area (Å²) in [6.07, 6.45) is 1.30. The molecule has 3 rings (SSSR count). The number of amides is 2. The molecular weight excluding hydrogens is 356 g/mol. The first-order valence-corrected chi connectivity index (χ1v) is 9.64. The molecule has 2 heterocycles. The zero-order valence-electron chi connectivity index (χ0n) is 14.6. The highest BCUT2D eigenvalue weighted by Gasteiger charge is 2.44. The van der Waals surface area contributed by atoms with Gasteiger partial charge in [-0.1, -0.05) is 12.1 Å². The van der Waals surface area contributed by atoms with E-state index in [9.17, 15) is 18.0 Å². The van der Waals surface area contributed by atoms with Crippen molar-refractivity contribution in [1.82, 2.24) is 5.32 Å². The minimum Gasteiger partial charge on any atom is -0.467 e. The smallest absolute Gasteiger partial charge is 0.240 e.